The Hall–Kier alpha value is -4.01. The Morgan fingerprint density at radius 3 is 2.38 bits per heavy atom. The average Bonchev–Trinajstić information content (AvgIpc) is 3.19. The maximum atomic E-state index is 13.4. The standard InChI is InChI=1S/C20H14F2N2O5/c21-13-7-5-12(6-8-13)16-9-10-17(29-16)19(26)28-11-18(25)24-20(27)23-15-4-2-1-3-14(15)22/h1-10H,11H2,(H2,23,24,25,27). The molecule has 0 bridgehead atoms. The van der Waals surface area contributed by atoms with Gasteiger partial charge in [-0.1, -0.05) is 12.1 Å². The van der Waals surface area contributed by atoms with Crippen molar-refractivity contribution in [3.8, 4) is 11.3 Å². The molecule has 2 N–H and O–H groups in total. The first-order valence-electron chi connectivity index (χ1n) is 8.30. The third kappa shape index (κ3) is 5.25. The number of rotatable bonds is 5. The molecular weight excluding hydrogens is 386 g/mol. The van der Waals surface area contributed by atoms with Crippen LogP contribution in [0.1, 0.15) is 10.6 Å². The van der Waals surface area contributed by atoms with Crippen molar-refractivity contribution in [2.75, 3.05) is 11.9 Å². The number of esters is 1. The Kier molecular flexibility index (Phi) is 5.98. The molecule has 0 unspecified atom stereocenters. The first-order chi connectivity index (χ1) is 13.9. The quantitative estimate of drug-likeness (QED) is 0.636. The van der Waals surface area contributed by atoms with Crippen LogP contribution in [-0.2, 0) is 9.53 Å². The summed E-state index contributed by atoms with van der Waals surface area (Å²) >= 11 is 0. The minimum Gasteiger partial charge on any atom is -0.450 e. The van der Waals surface area contributed by atoms with E-state index in [2.05, 4.69) is 5.32 Å². The largest absolute Gasteiger partial charge is 0.450 e. The van der Waals surface area contributed by atoms with E-state index >= 15 is 0 Å². The van der Waals surface area contributed by atoms with E-state index < -0.39 is 36.1 Å². The van der Waals surface area contributed by atoms with E-state index in [0.717, 1.165) is 6.07 Å². The van der Waals surface area contributed by atoms with Gasteiger partial charge in [0, 0.05) is 5.56 Å². The summed E-state index contributed by atoms with van der Waals surface area (Å²) in [7, 11) is 0. The second kappa shape index (κ2) is 8.79. The van der Waals surface area contributed by atoms with Crippen LogP contribution in [0.4, 0.5) is 19.3 Å². The van der Waals surface area contributed by atoms with E-state index in [1.54, 1.807) is 0 Å². The van der Waals surface area contributed by atoms with Crippen molar-refractivity contribution in [2.24, 2.45) is 0 Å². The molecule has 3 aromatic rings. The number of nitrogens with one attached hydrogen (secondary N) is 2. The zero-order valence-electron chi connectivity index (χ0n) is 14.8. The second-order valence-electron chi connectivity index (χ2n) is 5.73. The van der Waals surface area contributed by atoms with Crippen molar-refractivity contribution in [2.45, 2.75) is 0 Å². The number of carbonyl (C=O) groups is 3. The molecule has 1 aromatic heterocycles. The highest BCUT2D eigenvalue weighted by Gasteiger charge is 2.17. The van der Waals surface area contributed by atoms with Gasteiger partial charge in [-0.3, -0.25) is 10.1 Å². The van der Waals surface area contributed by atoms with Crippen molar-refractivity contribution in [1.82, 2.24) is 5.32 Å². The van der Waals surface area contributed by atoms with E-state index in [1.165, 1.54) is 54.6 Å². The van der Waals surface area contributed by atoms with Gasteiger partial charge in [-0.25, -0.2) is 18.4 Å². The Balaban J connectivity index is 1.50. The fourth-order valence-electron chi connectivity index (χ4n) is 2.30. The highest BCUT2D eigenvalue weighted by molar-refractivity contribution is 6.02. The van der Waals surface area contributed by atoms with Crippen LogP contribution in [0, 0.1) is 11.6 Å². The number of benzene rings is 2. The molecule has 9 heteroatoms. The highest BCUT2D eigenvalue weighted by Crippen LogP contribution is 2.22. The fraction of sp³-hybridized carbons (Fsp3) is 0.0500. The molecule has 0 saturated carbocycles. The summed E-state index contributed by atoms with van der Waals surface area (Å²) in [6, 6.07) is 12.7. The predicted molar refractivity (Wildman–Crippen MR) is 97.9 cm³/mol. The number of anilines is 1. The lowest BCUT2D eigenvalue weighted by atomic mass is 10.2. The lowest BCUT2D eigenvalue weighted by molar-refractivity contribution is -0.123. The van der Waals surface area contributed by atoms with Crippen LogP contribution in [0.5, 0.6) is 0 Å². The number of amides is 3. The molecule has 148 valence electrons. The molecule has 0 aliphatic carbocycles. The summed E-state index contributed by atoms with van der Waals surface area (Å²) in [4.78, 5) is 35.4. The van der Waals surface area contributed by atoms with Gasteiger partial charge in [0.1, 0.15) is 17.4 Å². The second-order valence-corrected chi connectivity index (χ2v) is 5.73. The number of para-hydroxylation sites is 1. The maximum absolute atomic E-state index is 13.4. The number of hydrogen-bond donors (Lipinski definition) is 2. The van der Waals surface area contributed by atoms with E-state index in [-0.39, 0.29) is 11.4 Å². The number of ether oxygens (including phenoxy) is 1. The zero-order chi connectivity index (χ0) is 20.8. The van der Waals surface area contributed by atoms with Gasteiger partial charge in [-0.05, 0) is 48.5 Å². The molecule has 0 saturated heterocycles. The monoisotopic (exact) mass is 400 g/mol. The van der Waals surface area contributed by atoms with E-state index in [1.807, 2.05) is 5.32 Å². The number of hydrogen-bond acceptors (Lipinski definition) is 5. The van der Waals surface area contributed by atoms with Crippen molar-refractivity contribution < 1.29 is 32.3 Å². The number of furan rings is 1. The Morgan fingerprint density at radius 1 is 0.931 bits per heavy atom. The van der Waals surface area contributed by atoms with Crippen LogP contribution in [0.15, 0.2) is 65.1 Å². The molecule has 1 heterocycles. The van der Waals surface area contributed by atoms with E-state index in [9.17, 15) is 23.2 Å². The number of halogens is 2. The van der Waals surface area contributed by atoms with Gasteiger partial charge in [0.15, 0.2) is 6.61 Å². The first-order valence-corrected chi connectivity index (χ1v) is 8.30. The summed E-state index contributed by atoms with van der Waals surface area (Å²) in [5.74, 6) is -2.79. The molecule has 0 atom stereocenters. The van der Waals surface area contributed by atoms with Gasteiger partial charge < -0.3 is 14.5 Å². The van der Waals surface area contributed by atoms with Crippen molar-refractivity contribution >= 4 is 23.6 Å². The van der Waals surface area contributed by atoms with Gasteiger partial charge in [0.25, 0.3) is 5.91 Å². The summed E-state index contributed by atoms with van der Waals surface area (Å²) in [6.07, 6.45) is 0. The van der Waals surface area contributed by atoms with Crippen molar-refractivity contribution in [3.63, 3.8) is 0 Å². The minimum atomic E-state index is -0.979. The van der Waals surface area contributed by atoms with Gasteiger partial charge in [0.2, 0.25) is 5.76 Å². The van der Waals surface area contributed by atoms with E-state index in [0.29, 0.717) is 11.3 Å². The Morgan fingerprint density at radius 2 is 1.66 bits per heavy atom. The summed E-state index contributed by atoms with van der Waals surface area (Å²) in [5.41, 5.74) is 0.437. The molecule has 2 aromatic carbocycles. The molecule has 3 amide bonds. The van der Waals surface area contributed by atoms with Crippen LogP contribution in [-0.4, -0.2) is 24.5 Å². The van der Waals surface area contributed by atoms with Gasteiger partial charge >= 0.3 is 12.0 Å². The topological polar surface area (TPSA) is 97.6 Å². The van der Waals surface area contributed by atoms with Gasteiger partial charge in [-0.2, -0.15) is 0 Å². The Labute approximate surface area is 163 Å². The predicted octanol–water partition coefficient (Wildman–Crippen LogP) is 3.73. The van der Waals surface area contributed by atoms with Gasteiger partial charge in [-0.15, -0.1) is 0 Å². The third-order valence-corrected chi connectivity index (χ3v) is 3.65. The summed E-state index contributed by atoms with van der Waals surface area (Å²) in [5, 5.41) is 4.05. The fourth-order valence-corrected chi connectivity index (χ4v) is 2.30. The lowest BCUT2D eigenvalue weighted by Gasteiger charge is -2.07. The summed E-state index contributed by atoms with van der Waals surface area (Å²) < 4.78 is 36.5. The zero-order valence-corrected chi connectivity index (χ0v) is 14.8. The molecule has 0 spiro atoms. The SMILES string of the molecule is O=C(COC(=O)c1ccc(-c2ccc(F)cc2)o1)NC(=O)Nc1ccccc1F. The van der Waals surface area contributed by atoms with Crippen molar-refractivity contribution in [3.05, 3.63) is 78.1 Å². The number of imide groups is 1. The third-order valence-electron chi connectivity index (χ3n) is 3.65. The Bertz CT molecular complexity index is 1050. The molecule has 29 heavy (non-hydrogen) atoms. The normalized spacial score (nSPS) is 10.3. The molecule has 0 aliphatic rings. The van der Waals surface area contributed by atoms with Crippen molar-refractivity contribution in [1.29, 1.82) is 0 Å². The first kappa shape index (κ1) is 19.7. The van der Waals surface area contributed by atoms with Crippen LogP contribution in [0.2, 0.25) is 0 Å². The number of urea groups is 1. The number of carbonyl (C=O) groups excluding carboxylic acids is 3. The molecule has 0 aliphatic heterocycles. The highest BCUT2D eigenvalue weighted by atomic mass is 19.1. The summed E-state index contributed by atoms with van der Waals surface area (Å²) in [6.45, 7) is -0.754. The van der Waals surface area contributed by atoms with E-state index in [4.69, 9.17) is 9.15 Å². The molecular formula is C20H14F2N2O5. The molecule has 7 nitrogen and oxygen atoms in total. The smallest absolute Gasteiger partial charge is 0.374 e. The van der Waals surface area contributed by atoms with Crippen LogP contribution < -0.4 is 10.6 Å². The van der Waals surface area contributed by atoms with Crippen LogP contribution in [0.3, 0.4) is 0 Å². The molecule has 3 rings (SSSR count). The maximum Gasteiger partial charge on any atom is 0.374 e. The lowest BCUT2D eigenvalue weighted by Crippen LogP contribution is -2.37. The van der Waals surface area contributed by atoms with Crippen LogP contribution in [0.25, 0.3) is 11.3 Å². The minimum absolute atomic E-state index is 0.112. The molecule has 0 radical (unpaired) electrons. The molecule has 0 fully saturated rings. The average molecular weight is 400 g/mol. The van der Waals surface area contributed by atoms with Crippen LogP contribution >= 0.6 is 0 Å². The van der Waals surface area contributed by atoms with Gasteiger partial charge in [0.05, 0.1) is 5.69 Å².